The minimum atomic E-state index is 0.742. The zero-order valence-electron chi connectivity index (χ0n) is 11.5. The molecule has 1 N–H and O–H groups in total. The van der Waals surface area contributed by atoms with Crippen molar-refractivity contribution in [2.45, 2.75) is 64.0 Å². The van der Waals surface area contributed by atoms with Crippen LogP contribution in [0.3, 0.4) is 0 Å². The molecule has 0 aliphatic heterocycles. The Kier molecular flexibility index (Phi) is 3.69. The third kappa shape index (κ3) is 2.77. The zero-order chi connectivity index (χ0) is 12.4. The normalized spacial score (nSPS) is 28.3. The summed E-state index contributed by atoms with van der Waals surface area (Å²) in [6.45, 7) is 3.48. The molecule has 18 heavy (non-hydrogen) atoms. The lowest BCUT2D eigenvalue weighted by Gasteiger charge is -2.30. The fourth-order valence-electron chi connectivity index (χ4n) is 3.35. The average Bonchev–Trinajstić information content (AvgIpc) is 3.23. The highest BCUT2D eigenvalue weighted by Crippen LogP contribution is 2.41. The first-order valence-electron chi connectivity index (χ1n) is 7.66. The van der Waals surface area contributed by atoms with E-state index >= 15 is 0 Å². The molecule has 3 rings (SSSR count). The second-order valence-corrected chi connectivity index (χ2v) is 6.22. The molecular weight excluding hydrogens is 218 g/mol. The predicted molar refractivity (Wildman–Crippen MR) is 76.7 cm³/mol. The molecule has 2 aliphatic carbocycles. The molecule has 0 bridgehead atoms. The van der Waals surface area contributed by atoms with Crippen molar-refractivity contribution in [2.75, 3.05) is 0 Å². The smallest absolute Gasteiger partial charge is 0.0211 e. The zero-order valence-corrected chi connectivity index (χ0v) is 11.5. The van der Waals surface area contributed by atoms with Gasteiger partial charge in [0.05, 0.1) is 0 Å². The molecule has 0 radical (unpaired) electrons. The van der Waals surface area contributed by atoms with Crippen LogP contribution in [0, 0.1) is 5.92 Å². The number of hydrogen-bond acceptors (Lipinski definition) is 1. The van der Waals surface area contributed by atoms with Crippen LogP contribution in [-0.4, -0.2) is 6.04 Å². The first kappa shape index (κ1) is 12.2. The van der Waals surface area contributed by atoms with Gasteiger partial charge in [-0.25, -0.2) is 0 Å². The fourth-order valence-corrected chi connectivity index (χ4v) is 3.35. The van der Waals surface area contributed by atoms with Crippen LogP contribution in [0.5, 0.6) is 0 Å². The van der Waals surface area contributed by atoms with E-state index in [1.165, 1.54) is 44.1 Å². The summed E-state index contributed by atoms with van der Waals surface area (Å²) in [4.78, 5) is 0. The van der Waals surface area contributed by atoms with Gasteiger partial charge in [0.1, 0.15) is 0 Å². The van der Waals surface area contributed by atoms with Gasteiger partial charge in [-0.2, -0.15) is 0 Å². The third-order valence-electron chi connectivity index (χ3n) is 4.74. The fraction of sp³-hybridized carbons (Fsp3) is 0.647. The highest BCUT2D eigenvalue weighted by molar-refractivity contribution is 5.33. The van der Waals surface area contributed by atoms with Crippen molar-refractivity contribution in [2.24, 2.45) is 5.92 Å². The molecule has 0 spiro atoms. The third-order valence-corrected chi connectivity index (χ3v) is 4.74. The van der Waals surface area contributed by atoms with Gasteiger partial charge in [0, 0.05) is 12.6 Å². The van der Waals surface area contributed by atoms with Gasteiger partial charge in [-0.3, -0.25) is 0 Å². The van der Waals surface area contributed by atoms with Gasteiger partial charge in [0.15, 0.2) is 0 Å². The summed E-state index contributed by atoms with van der Waals surface area (Å²) in [5.74, 6) is 1.72. The van der Waals surface area contributed by atoms with Crippen LogP contribution in [-0.2, 0) is 6.54 Å². The summed E-state index contributed by atoms with van der Waals surface area (Å²) in [5.41, 5.74) is 3.14. The molecule has 0 heterocycles. The van der Waals surface area contributed by atoms with Crippen molar-refractivity contribution in [1.82, 2.24) is 5.32 Å². The van der Waals surface area contributed by atoms with E-state index in [0.717, 1.165) is 24.4 Å². The van der Waals surface area contributed by atoms with Crippen LogP contribution >= 0.6 is 0 Å². The van der Waals surface area contributed by atoms with Crippen molar-refractivity contribution in [3.05, 3.63) is 35.4 Å². The second-order valence-electron chi connectivity index (χ2n) is 6.22. The first-order valence-corrected chi connectivity index (χ1v) is 7.66. The summed E-state index contributed by atoms with van der Waals surface area (Å²) >= 11 is 0. The second kappa shape index (κ2) is 5.44. The van der Waals surface area contributed by atoms with Crippen LogP contribution < -0.4 is 5.32 Å². The average molecular weight is 243 g/mol. The Morgan fingerprint density at radius 1 is 1.06 bits per heavy atom. The Hall–Kier alpha value is -0.820. The Morgan fingerprint density at radius 2 is 1.83 bits per heavy atom. The summed E-state index contributed by atoms with van der Waals surface area (Å²) in [6, 6.07) is 9.77. The highest BCUT2D eigenvalue weighted by atomic mass is 14.9. The van der Waals surface area contributed by atoms with E-state index in [1.807, 2.05) is 0 Å². The van der Waals surface area contributed by atoms with Crippen molar-refractivity contribution in [3.8, 4) is 0 Å². The van der Waals surface area contributed by atoms with E-state index in [9.17, 15) is 0 Å². The topological polar surface area (TPSA) is 12.0 Å². The lowest BCUT2D eigenvalue weighted by molar-refractivity contribution is 0.279. The lowest BCUT2D eigenvalue weighted by atomic mass is 9.86. The quantitative estimate of drug-likeness (QED) is 0.834. The maximum Gasteiger partial charge on any atom is 0.0211 e. The summed E-state index contributed by atoms with van der Waals surface area (Å²) in [5, 5.41) is 3.81. The van der Waals surface area contributed by atoms with Crippen molar-refractivity contribution >= 4 is 0 Å². The largest absolute Gasteiger partial charge is 0.310 e. The summed E-state index contributed by atoms with van der Waals surface area (Å²) in [6.07, 6.45) is 8.41. The van der Waals surface area contributed by atoms with E-state index in [1.54, 1.807) is 5.56 Å². The SMILES string of the molecule is CC1CCCCC1NCc1ccccc1C1CC1. The van der Waals surface area contributed by atoms with Gasteiger partial charge < -0.3 is 5.32 Å². The molecule has 2 saturated carbocycles. The summed E-state index contributed by atoms with van der Waals surface area (Å²) < 4.78 is 0. The maximum absolute atomic E-state index is 3.81. The van der Waals surface area contributed by atoms with Crippen LogP contribution in [0.25, 0.3) is 0 Å². The van der Waals surface area contributed by atoms with Crippen LogP contribution in [0.4, 0.5) is 0 Å². The standard InChI is InChI=1S/C17H25N/c1-13-6-2-5-9-17(13)18-12-15-7-3-4-8-16(15)14-10-11-14/h3-4,7-8,13-14,17-18H,2,5-6,9-12H2,1H3. The molecule has 0 aromatic heterocycles. The van der Waals surface area contributed by atoms with Crippen LogP contribution in [0.1, 0.15) is 62.5 Å². The molecule has 2 atom stereocenters. The van der Waals surface area contributed by atoms with Gasteiger partial charge in [-0.15, -0.1) is 0 Å². The molecule has 1 nitrogen and oxygen atoms in total. The Bertz CT molecular complexity index is 394. The van der Waals surface area contributed by atoms with Crippen molar-refractivity contribution in [1.29, 1.82) is 0 Å². The number of nitrogens with one attached hydrogen (secondary N) is 1. The van der Waals surface area contributed by atoms with Gasteiger partial charge in [0.25, 0.3) is 0 Å². The van der Waals surface area contributed by atoms with Crippen molar-refractivity contribution in [3.63, 3.8) is 0 Å². The molecule has 1 heteroatoms. The van der Waals surface area contributed by atoms with Gasteiger partial charge >= 0.3 is 0 Å². The molecule has 1 aromatic carbocycles. The molecule has 98 valence electrons. The van der Waals surface area contributed by atoms with E-state index in [2.05, 4.69) is 36.5 Å². The Labute approximate surface area is 111 Å². The van der Waals surface area contributed by atoms with Gasteiger partial charge in [0.2, 0.25) is 0 Å². The maximum atomic E-state index is 3.81. The Morgan fingerprint density at radius 3 is 2.61 bits per heavy atom. The lowest BCUT2D eigenvalue weighted by Crippen LogP contribution is -2.36. The van der Waals surface area contributed by atoms with E-state index in [-0.39, 0.29) is 0 Å². The van der Waals surface area contributed by atoms with Crippen LogP contribution in [0.2, 0.25) is 0 Å². The molecule has 1 aromatic rings. The molecule has 2 aliphatic rings. The number of benzene rings is 1. The van der Waals surface area contributed by atoms with E-state index in [0.29, 0.717) is 0 Å². The van der Waals surface area contributed by atoms with Gasteiger partial charge in [-0.1, -0.05) is 44.0 Å². The monoisotopic (exact) mass is 243 g/mol. The summed E-state index contributed by atoms with van der Waals surface area (Å²) in [7, 11) is 0. The minimum absolute atomic E-state index is 0.742. The number of rotatable bonds is 4. The number of hydrogen-bond donors (Lipinski definition) is 1. The highest BCUT2D eigenvalue weighted by Gasteiger charge is 2.26. The molecule has 2 fully saturated rings. The van der Waals surface area contributed by atoms with Crippen molar-refractivity contribution < 1.29 is 0 Å². The Balaban J connectivity index is 1.62. The molecular formula is C17H25N. The first-order chi connectivity index (χ1) is 8.84. The minimum Gasteiger partial charge on any atom is -0.310 e. The molecule has 0 amide bonds. The molecule has 2 unspecified atom stereocenters. The van der Waals surface area contributed by atoms with E-state index in [4.69, 9.17) is 0 Å². The predicted octanol–water partition coefficient (Wildman–Crippen LogP) is 4.23. The van der Waals surface area contributed by atoms with E-state index < -0.39 is 0 Å². The molecule has 0 saturated heterocycles. The van der Waals surface area contributed by atoms with Crippen LogP contribution in [0.15, 0.2) is 24.3 Å². The van der Waals surface area contributed by atoms with Gasteiger partial charge in [-0.05, 0) is 48.6 Å².